The van der Waals surface area contributed by atoms with E-state index >= 15 is 0 Å². The lowest BCUT2D eigenvalue weighted by molar-refractivity contribution is -0.126. The zero-order chi connectivity index (χ0) is 17.7. The average molecular weight is 413 g/mol. The van der Waals surface area contributed by atoms with Gasteiger partial charge >= 0.3 is 0 Å². The van der Waals surface area contributed by atoms with Crippen LogP contribution in [0.1, 0.15) is 6.92 Å². The van der Waals surface area contributed by atoms with Gasteiger partial charge in [-0.1, -0.05) is 12.1 Å². The number of hydrogen-bond acceptors (Lipinski definition) is 4. The van der Waals surface area contributed by atoms with Crippen LogP contribution in [0, 0.1) is 0 Å². The summed E-state index contributed by atoms with van der Waals surface area (Å²) < 4.78 is 33.4. The molecule has 1 atom stereocenters. The van der Waals surface area contributed by atoms with Gasteiger partial charge in [-0.3, -0.25) is 9.52 Å². The fraction of sp³-hybridized carbons (Fsp3) is 0.188. The summed E-state index contributed by atoms with van der Waals surface area (Å²) in [4.78, 5) is 11.5. The maximum atomic E-state index is 12.4. The van der Waals surface area contributed by atoms with Crippen LogP contribution < -0.4 is 14.8 Å². The summed E-state index contributed by atoms with van der Waals surface area (Å²) in [5.41, 5.74) is 0.450. The average Bonchev–Trinajstić information content (AvgIpc) is 2.56. The number of ether oxygens (including phenoxy) is 1. The van der Waals surface area contributed by atoms with Crippen molar-refractivity contribution in [1.82, 2.24) is 5.32 Å². The van der Waals surface area contributed by atoms with E-state index < -0.39 is 16.1 Å². The molecule has 2 aromatic rings. The normalized spacial score (nSPS) is 12.3. The Hall–Kier alpha value is -2.06. The molecule has 0 radical (unpaired) electrons. The number of halogens is 1. The quantitative estimate of drug-likeness (QED) is 0.763. The van der Waals surface area contributed by atoms with Gasteiger partial charge in [-0.2, -0.15) is 0 Å². The molecule has 2 rings (SSSR count). The summed E-state index contributed by atoms with van der Waals surface area (Å²) >= 11 is 3.30. The minimum Gasteiger partial charge on any atom is -0.481 e. The molecule has 2 aromatic carbocycles. The van der Waals surface area contributed by atoms with E-state index in [2.05, 4.69) is 26.0 Å². The molecule has 24 heavy (non-hydrogen) atoms. The number of benzene rings is 2. The zero-order valence-corrected chi connectivity index (χ0v) is 15.5. The molecule has 0 aromatic heterocycles. The molecule has 0 aliphatic heterocycles. The maximum Gasteiger partial charge on any atom is 0.261 e. The van der Waals surface area contributed by atoms with E-state index in [1.54, 1.807) is 31.2 Å². The second-order valence-electron chi connectivity index (χ2n) is 4.93. The maximum absolute atomic E-state index is 12.4. The number of hydrogen-bond donors (Lipinski definition) is 2. The smallest absolute Gasteiger partial charge is 0.261 e. The summed E-state index contributed by atoms with van der Waals surface area (Å²) in [6, 6.07) is 12.8. The van der Waals surface area contributed by atoms with E-state index in [4.69, 9.17) is 4.74 Å². The van der Waals surface area contributed by atoms with Gasteiger partial charge in [-0.05, 0) is 59.3 Å². The van der Waals surface area contributed by atoms with Gasteiger partial charge in [0.25, 0.3) is 15.9 Å². The number of likely N-dealkylation sites (N-methyl/N-ethyl adjacent to an activating group) is 1. The van der Waals surface area contributed by atoms with Crippen LogP contribution in [0.2, 0.25) is 0 Å². The minimum absolute atomic E-state index is 0.0956. The lowest BCUT2D eigenvalue weighted by atomic mass is 10.3. The number of para-hydroxylation sites is 1. The Morgan fingerprint density at radius 1 is 1.12 bits per heavy atom. The molecule has 0 saturated heterocycles. The Bertz CT molecular complexity index is 822. The van der Waals surface area contributed by atoms with Gasteiger partial charge in [0, 0.05) is 11.5 Å². The van der Waals surface area contributed by atoms with Gasteiger partial charge in [0.1, 0.15) is 5.75 Å². The van der Waals surface area contributed by atoms with E-state index in [-0.39, 0.29) is 10.8 Å². The van der Waals surface area contributed by atoms with E-state index in [1.165, 1.54) is 31.3 Å². The molecule has 0 unspecified atom stereocenters. The van der Waals surface area contributed by atoms with Crippen molar-refractivity contribution in [2.75, 3.05) is 11.8 Å². The van der Waals surface area contributed by atoms with Crippen LogP contribution in [0.3, 0.4) is 0 Å². The Balaban J connectivity index is 2.14. The van der Waals surface area contributed by atoms with Crippen LogP contribution >= 0.6 is 15.9 Å². The Morgan fingerprint density at radius 2 is 1.75 bits per heavy atom. The van der Waals surface area contributed by atoms with Crippen LogP contribution in [0.5, 0.6) is 5.75 Å². The van der Waals surface area contributed by atoms with Crippen LogP contribution in [-0.2, 0) is 14.8 Å². The summed E-state index contributed by atoms with van der Waals surface area (Å²) in [7, 11) is -2.20. The van der Waals surface area contributed by atoms with Gasteiger partial charge in [0.05, 0.1) is 10.6 Å². The molecule has 0 heterocycles. The van der Waals surface area contributed by atoms with Gasteiger partial charge < -0.3 is 10.1 Å². The molecule has 0 aliphatic rings. The molecule has 2 N–H and O–H groups in total. The van der Waals surface area contributed by atoms with Crippen LogP contribution in [-0.4, -0.2) is 27.5 Å². The van der Waals surface area contributed by atoms with Gasteiger partial charge in [-0.25, -0.2) is 8.42 Å². The van der Waals surface area contributed by atoms with Crippen LogP contribution in [0.25, 0.3) is 0 Å². The second kappa shape index (κ2) is 7.67. The highest BCUT2D eigenvalue weighted by atomic mass is 79.9. The third-order valence-electron chi connectivity index (χ3n) is 3.18. The Labute approximate surface area is 149 Å². The summed E-state index contributed by atoms with van der Waals surface area (Å²) in [6.07, 6.45) is -0.671. The number of anilines is 1. The number of rotatable bonds is 6. The third-order valence-corrected chi connectivity index (χ3v) is 5.25. The molecule has 8 heteroatoms. The molecule has 0 aliphatic carbocycles. The van der Waals surface area contributed by atoms with Gasteiger partial charge in [0.15, 0.2) is 6.10 Å². The topological polar surface area (TPSA) is 84.5 Å². The standard InChI is InChI=1S/C16H17BrN2O4S/c1-11(16(20)18-2)23-12-7-9-13(10-8-12)24(21,22)19-15-6-4-3-5-14(15)17/h3-11,19H,1-2H3,(H,18,20)/t11-/m1/s1. The lowest BCUT2D eigenvalue weighted by Gasteiger charge is -2.14. The van der Waals surface area contributed by atoms with Gasteiger partial charge in [-0.15, -0.1) is 0 Å². The number of carbonyl (C=O) groups excluding carboxylic acids is 1. The molecule has 0 bridgehead atoms. The lowest BCUT2D eigenvalue weighted by Crippen LogP contribution is -2.33. The van der Waals surface area contributed by atoms with Crippen molar-refractivity contribution in [3.8, 4) is 5.75 Å². The second-order valence-corrected chi connectivity index (χ2v) is 7.47. The Morgan fingerprint density at radius 3 is 2.33 bits per heavy atom. The molecule has 0 fully saturated rings. The number of carbonyl (C=O) groups is 1. The number of amides is 1. The fourth-order valence-corrected chi connectivity index (χ4v) is 3.50. The molecular weight excluding hydrogens is 396 g/mol. The highest BCUT2D eigenvalue weighted by molar-refractivity contribution is 9.10. The van der Waals surface area contributed by atoms with E-state index in [9.17, 15) is 13.2 Å². The molecule has 0 spiro atoms. The predicted octanol–water partition coefficient (Wildman–Crippen LogP) is 2.76. The predicted molar refractivity (Wildman–Crippen MR) is 95.5 cm³/mol. The summed E-state index contributed by atoms with van der Waals surface area (Å²) in [5, 5.41) is 2.48. The van der Waals surface area contributed by atoms with Crippen molar-refractivity contribution >= 4 is 37.5 Å². The van der Waals surface area contributed by atoms with E-state index in [0.29, 0.717) is 15.9 Å². The van der Waals surface area contributed by atoms with E-state index in [1.807, 2.05) is 0 Å². The Kier molecular flexibility index (Phi) is 5.84. The first-order valence-corrected chi connectivity index (χ1v) is 9.37. The zero-order valence-electron chi connectivity index (χ0n) is 13.1. The van der Waals surface area contributed by atoms with Crippen LogP contribution in [0.15, 0.2) is 57.9 Å². The fourth-order valence-electron chi connectivity index (χ4n) is 1.91. The molecule has 1 amide bonds. The van der Waals surface area contributed by atoms with Crippen molar-refractivity contribution < 1.29 is 17.9 Å². The molecular formula is C16H17BrN2O4S. The van der Waals surface area contributed by atoms with Crippen molar-refractivity contribution in [3.63, 3.8) is 0 Å². The number of nitrogens with one attached hydrogen (secondary N) is 2. The summed E-state index contributed by atoms with van der Waals surface area (Å²) in [5.74, 6) is 0.147. The molecule has 6 nitrogen and oxygen atoms in total. The SMILES string of the molecule is CNC(=O)[C@@H](C)Oc1ccc(S(=O)(=O)Nc2ccccc2Br)cc1. The minimum atomic E-state index is -3.72. The van der Waals surface area contributed by atoms with Crippen molar-refractivity contribution in [2.45, 2.75) is 17.9 Å². The third kappa shape index (κ3) is 4.48. The van der Waals surface area contributed by atoms with E-state index in [0.717, 1.165) is 0 Å². The highest BCUT2D eigenvalue weighted by Gasteiger charge is 2.17. The summed E-state index contributed by atoms with van der Waals surface area (Å²) in [6.45, 7) is 1.61. The first kappa shape index (κ1) is 18.3. The first-order valence-electron chi connectivity index (χ1n) is 7.09. The monoisotopic (exact) mass is 412 g/mol. The number of sulfonamides is 1. The largest absolute Gasteiger partial charge is 0.481 e. The van der Waals surface area contributed by atoms with Crippen molar-refractivity contribution in [2.24, 2.45) is 0 Å². The molecule has 128 valence electrons. The van der Waals surface area contributed by atoms with Crippen molar-refractivity contribution in [3.05, 3.63) is 53.0 Å². The molecule has 0 saturated carbocycles. The van der Waals surface area contributed by atoms with Crippen LogP contribution in [0.4, 0.5) is 5.69 Å². The first-order chi connectivity index (χ1) is 11.3. The van der Waals surface area contributed by atoms with Gasteiger partial charge in [0.2, 0.25) is 0 Å². The highest BCUT2D eigenvalue weighted by Crippen LogP contribution is 2.25. The van der Waals surface area contributed by atoms with Crippen molar-refractivity contribution in [1.29, 1.82) is 0 Å².